The summed E-state index contributed by atoms with van der Waals surface area (Å²) >= 11 is 12.5. The van der Waals surface area contributed by atoms with E-state index < -0.39 is 28.5 Å². The van der Waals surface area contributed by atoms with Gasteiger partial charge in [-0.2, -0.15) is 0 Å². The van der Waals surface area contributed by atoms with Gasteiger partial charge in [0.15, 0.2) is 0 Å². The molecule has 4 aromatic rings. The first-order valence-electron chi connectivity index (χ1n) is 15.1. The molecule has 46 heavy (non-hydrogen) atoms. The normalized spacial score (nSPS) is 12.7. The van der Waals surface area contributed by atoms with E-state index in [1.807, 2.05) is 51.1 Å². The van der Waals surface area contributed by atoms with Gasteiger partial charge in [0.1, 0.15) is 12.6 Å². The number of amides is 2. The number of hydrogen-bond donors (Lipinski definition) is 1. The second-order valence-corrected chi connectivity index (χ2v) is 14.2. The fraction of sp³-hybridized carbons (Fsp3) is 0.278. The maximum atomic E-state index is 14.6. The van der Waals surface area contributed by atoms with Crippen LogP contribution in [0.25, 0.3) is 0 Å². The van der Waals surface area contributed by atoms with E-state index in [1.54, 1.807) is 55.5 Å². The molecule has 0 aliphatic rings. The Morgan fingerprint density at radius 1 is 0.826 bits per heavy atom. The van der Waals surface area contributed by atoms with Crippen LogP contribution in [0.4, 0.5) is 5.69 Å². The molecule has 7 nitrogen and oxygen atoms in total. The highest BCUT2D eigenvalue weighted by Gasteiger charge is 2.35. The summed E-state index contributed by atoms with van der Waals surface area (Å²) in [5.41, 5.74) is 3.38. The molecular weight excluding hydrogens is 641 g/mol. The topological polar surface area (TPSA) is 86.8 Å². The molecule has 0 fully saturated rings. The molecule has 0 aromatic heterocycles. The number of nitrogens with one attached hydrogen (secondary N) is 1. The maximum Gasteiger partial charge on any atom is 0.264 e. The van der Waals surface area contributed by atoms with Crippen molar-refractivity contribution in [3.63, 3.8) is 0 Å². The fourth-order valence-electron chi connectivity index (χ4n) is 4.98. The first kappa shape index (κ1) is 35.0. The molecule has 0 spiro atoms. The summed E-state index contributed by atoms with van der Waals surface area (Å²) < 4.78 is 29.6. The van der Waals surface area contributed by atoms with Crippen molar-refractivity contribution in [2.75, 3.05) is 10.8 Å². The van der Waals surface area contributed by atoms with Crippen LogP contribution in [0.15, 0.2) is 102 Å². The Bertz CT molecular complexity index is 1750. The van der Waals surface area contributed by atoms with E-state index in [9.17, 15) is 18.0 Å². The van der Waals surface area contributed by atoms with E-state index in [-0.39, 0.29) is 35.5 Å². The number of aryl methyl sites for hydroxylation is 2. The molecule has 0 bridgehead atoms. The molecule has 242 valence electrons. The lowest BCUT2D eigenvalue weighted by Crippen LogP contribution is -2.54. The largest absolute Gasteiger partial charge is 0.352 e. The average molecular weight is 681 g/mol. The number of anilines is 1. The lowest BCUT2D eigenvalue weighted by atomic mass is 10.0. The Hall–Kier alpha value is -3.85. The summed E-state index contributed by atoms with van der Waals surface area (Å²) in [5, 5.41) is 3.90. The van der Waals surface area contributed by atoms with Crippen molar-refractivity contribution in [1.82, 2.24) is 10.2 Å². The molecule has 2 amide bonds. The number of halogens is 2. The predicted octanol–water partition coefficient (Wildman–Crippen LogP) is 7.36. The molecule has 0 radical (unpaired) electrons. The van der Waals surface area contributed by atoms with E-state index >= 15 is 0 Å². The number of rotatable bonds is 13. The van der Waals surface area contributed by atoms with Crippen LogP contribution in [0.1, 0.15) is 42.5 Å². The minimum Gasteiger partial charge on any atom is -0.352 e. The van der Waals surface area contributed by atoms with Crippen molar-refractivity contribution in [1.29, 1.82) is 0 Å². The van der Waals surface area contributed by atoms with Gasteiger partial charge in [0.25, 0.3) is 10.0 Å². The molecule has 0 heterocycles. The Balaban J connectivity index is 1.83. The molecule has 1 N–H and O–H groups in total. The zero-order valence-corrected chi connectivity index (χ0v) is 28.7. The molecular formula is C36H39Cl2N3O4S. The first-order chi connectivity index (χ1) is 21.9. The summed E-state index contributed by atoms with van der Waals surface area (Å²) in [6.45, 7) is 6.98. The predicted molar refractivity (Wildman–Crippen MR) is 186 cm³/mol. The van der Waals surface area contributed by atoms with Gasteiger partial charge in [-0.1, -0.05) is 96.4 Å². The van der Waals surface area contributed by atoms with Gasteiger partial charge in [-0.3, -0.25) is 13.9 Å². The maximum absolute atomic E-state index is 14.6. The molecule has 0 aliphatic carbocycles. The minimum atomic E-state index is -4.24. The average Bonchev–Trinajstić information content (AvgIpc) is 3.04. The molecule has 0 aliphatic heterocycles. The summed E-state index contributed by atoms with van der Waals surface area (Å²) in [5.74, 6) is -0.877. The van der Waals surface area contributed by atoms with Gasteiger partial charge in [0.2, 0.25) is 11.8 Å². The highest BCUT2D eigenvalue weighted by Crippen LogP contribution is 2.30. The monoisotopic (exact) mass is 679 g/mol. The van der Waals surface area contributed by atoms with Crippen molar-refractivity contribution < 1.29 is 18.0 Å². The summed E-state index contributed by atoms with van der Waals surface area (Å²) in [7, 11) is -4.24. The van der Waals surface area contributed by atoms with Crippen LogP contribution in [0.2, 0.25) is 10.0 Å². The van der Waals surface area contributed by atoms with Crippen molar-refractivity contribution >= 4 is 50.7 Å². The molecule has 0 unspecified atom stereocenters. The number of nitrogens with zero attached hydrogens (tertiary/aromatic N) is 2. The van der Waals surface area contributed by atoms with Crippen LogP contribution in [-0.4, -0.2) is 43.8 Å². The Morgan fingerprint density at radius 3 is 2.09 bits per heavy atom. The van der Waals surface area contributed by atoms with Crippen molar-refractivity contribution in [3.8, 4) is 0 Å². The Labute approximate surface area is 282 Å². The Kier molecular flexibility index (Phi) is 11.9. The van der Waals surface area contributed by atoms with E-state index in [0.29, 0.717) is 22.0 Å². The third-order valence-corrected chi connectivity index (χ3v) is 10.1. The van der Waals surface area contributed by atoms with Crippen LogP contribution in [0.3, 0.4) is 0 Å². The zero-order chi connectivity index (χ0) is 33.4. The SMILES string of the molecule is CC[C@H](C)NC(=O)[C@H](Cc1ccccc1)N(Cc1ccc(Cl)cc1)C(=O)CN(c1cc(Cl)ccc1C)S(=O)(=O)c1ccc(C)cc1. The van der Waals surface area contributed by atoms with Gasteiger partial charge < -0.3 is 10.2 Å². The number of carbonyl (C=O) groups excluding carboxylic acids is 2. The summed E-state index contributed by atoms with van der Waals surface area (Å²) in [6, 6.07) is 26.7. The number of benzene rings is 4. The third-order valence-electron chi connectivity index (χ3n) is 7.87. The second-order valence-electron chi connectivity index (χ2n) is 11.4. The summed E-state index contributed by atoms with van der Waals surface area (Å²) in [4.78, 5) is 30.0. The molecule has 0 saturated heterocycles. The van der Waals surface area contributed by atoms with Gasteiger partial charge in [-0.25, -0.2) is 8.42 Å². The van der Waals surface area contributed by atoms with E-state index in [1.165, 1.54) is 23.1 Å². The van der Waals surface area contributed by atoms with E-state index in [4.69, 9.17) is 23.2 Å². The van der Waals surface area contributed by atoms with Crippen molar-refractivity contribution in [2.24, 2.45) is 0 Å². The highest BCUT2D eigenvalue weighted by molar-refractivity contribution is 7.92. The smallest absolute Gasteiger partial charge is 0.264 e. The van der Waals surface area contributed by atoms with Crippen molar-refractivity contribution in [2.45, 2.75) is 64.1 Å². The van der Waals surface area contributed by atoms with Gasteiger partial charge in [0.05, 0.1) is 10.6 Å². The first-order valence-corrected chi connectivity index (χ1v) is 17.3. The molecule has 4 aromatic carbocycles. The van der Waals surface area contributed by atoms with E-state index in [0.717, 1.165) is 21.0 Å². The lowest BCUT2D eigenvalue weighted by molar-refractivity contribution is -0.140. The third kappa shape index (κ3) is 8.90. The second kappa shape index (κ2) is 15.6. The number of carbonyl (C=O) groups is 2. The van der Waals surface area contributed by atoms with Gasteiger partial charge >= 0.3 is 0 Å². The number of hydrogen-bond acceptors (Lipinski definition) is 4. The van der Waals surface area contributed by atoms with Gasteiger partial charge in [-0.15, -0.1) is 0 Å². The highest BCUT2D eigenvalue weighted by atomic mass is 35.5. The summed E-state index contributed by atoms with van der Waals surface area (Å²) in [6.07, 6.45) is 0.925. The van der Waals surface area contributed by atoms with Crippen LogP contribution >= 0.6 is 23.2 Å². The van der Waals surface area contributed by atoms with Gasteiger partial charge in [-0.05, 0) is 80.3 Å². The standard InChI is InChI=1S/C36H39Cl2N3O4S/c1-5-27(4)39-36(43)34(21-28-9-7-6-8-10-28)40(23-29-14-17-30(37)18-15-29)35(42)24-41(33-22-31(38)16-13-26(33)3)46(44,45)32-19-11-25(2)12-20-32/h6-20,22,27,34H,5,21,23-24H2,1-4H3,(H,39,43)/t27-,34-/m0/s1. The fourth-order valence-corrected chi connectivity index (χ4v) is 6.75. The van der Waals surface area contributed by atoms with Crippen molar-refractivity contribution in [3.05, 3.63) is 129 Å². The minimum absolute atomic E-state index is 0.0323. The quantitative estimate of drug-likeness (QED) is 0.160. The number of sulfonamides is 1. The molecule has 10 heteroatoms. The van der Waals surface area contributed by atoms with Crippen LogP contribution < -0.4 is 9.62 Å². The van der Waals surface area contributed by atoms with E-state index in [2.05, 4.69) is 5.32 Å². The zero-order valence-electron chi connectivity index (χ0n) is 26.4. The molecule has 2 atom stereocenters. The Morgan fingerprint density at radius 2 is 1.46 bits per heavy atom. The van der Waals surface area contributed by atoms with Gasteiger partial charge in [0, 0.05) is 29.1 Å². The molecule has 0 saturated carbocycles. The van der Waals surface area contributed by atoms with Crippen LogP contribution in [0, 0.1) is 13.8 Å². The van der Waals surface area contributed by atoms with Crippen LogP contribution in [0.5, 0.6) is 0 Å². The molecule has 4 rings (SSSR count). The van der Waals surface area contributed by atoms with Crippen LogP contribution in [-0.2, 0) is 32.6 Å². The lowest BCUT2D eigenvalue weighted by Gasteiger charge is -2.34.